The smallest absolute Gasteiger partial charge is 0.203 e. The van der Waals surface area contributed by atoms with Crippen molar-refractivity contribution in [1.82, 2.24) is 10.2 Å². The monoisotopic (exact) mass is 333 g/mol. The molecule has 1 aromatic carbocycles. The molecule has 0 atom stereocenters. The fourth-order valence-corrected chi connectivity index (χ4v) is 2.31. The summed E-state index contributed by atoms with van der Waals surface area (Å²) in [7, 11) is 1.64. The lowest BCUT2D eigenvalue weighted by atomic mass is 10.2. The molecule has 78 valence electrons. The third-order valence-corrected chi connectivity index (χ3v) is 3.29. The van der Waals surface area contributed by atoms with Gasteiger partial charge in [0.25, 0.3) is 0 Å². The number of nitrogens with two attached hydrogens (primary N) is 1. The van der Waals surface area contributed by atoms with Crippen molar-refractivity contribution in [2.45, 2.75) is 0 Å². The van der Waals surface area contributed by atoms with Gasteiger partial charge in [0.15, 0.2) is 5.01 Å². The first kappa shape index (κ1) is 10.6. The van der Waals surface area contributed by atoms with Crippen LogP contribution in [0.1, 0.15) is 0 Å². The molecule has 0 aliphatic rings. The average Bonchev–Trinajstić information content (AvgIpc) is 2.65. The molecular formula is C9H8IN3OS. The van der Waals surface area contributed by atoms with E-state index >= 15 is 0 Å². The zero-order valence-corrected chi connectivity index (χ0v) is 10.9. The first-order chi connectivity index (χ1) is 7.20. The second-order valence-electron chi connectivity index (χ2n) is 2.79. The summed E-state index contributed by atoms with van der Waals surface area (Å²) in [5.41, 5.74) is 6.48. The van der Waals surface area contributed by atoms with Gasteiger partial charge in [-0.3, -0.25) is 0 Å². The van der Waals surface area contributed by atoms with Crippen LogP contribution in [0.2, 0.25) is 0 Å². The summed E-state index contributed by atoms with van der Waals surface area (Å²) >= 11 is 3.59. The quantitative estimate of drug-likeness (QED) is 0.858. The first-order valence-corrected chi connectivity index (χ1v) is 6.03. The summed E-state index contributed by atoms with van der Waals surface area (Å²) in [6, 6.07) is 5.89. The highest BCUT2D eigenvalue weighted by Crippen LogP contribution is 2.33. The summed E-state index contributed by atoms with van der Waals surface area (Å²) in [5.74, 6) is 0.784. The molecule has 0 spiro atoms. The molecule has 0 aliphatic carbocycles. The molecule has 0 saturated heterocycles. The van der Waals surface area contributed by atoms with E-state index < -0.39 is 0 Å². The molecule has 4 nitrogen and oxygen atoms in total. The highest BCUT2D eigenvalue weighted by Gasteiger charge is 2.10. The highest BCUT2D eigenvalue weighted by molar-refractivity contribution is 14.1. The number of ether oxygens (including phenoxy) is 1. The topological polar surface area (TPSA) is 61.0 Å². The molecule has 1 aromatic heterocycles. The van der Waals surface area contributed by atoms with E-state index in [0.717, 1.165) is 19.9 Å². The Kier molecular flexibility index (Phi) is 3.06. The van der Waals surface area contributed by atoms with E-state index in [4.69, 9.17) is 10.5 Å². The van der Waals surface area contributed by atoms with E-state index in [1.54, 1.807) is 7.11 Å². The standard InChI is InChI=1S/C9H8IN3OS/c1-14-7-3-2-5(10)4-6(7)8-12-13-9(11)15-8/h2-4H,1H3,(H2,11,13). The molecule has 15 heavy (non-hydrogen) atoms. The molecule has 0 radical (unpaired) electrons. The number of nitrogens with zero attached hydrogens (tertiary/aromatic N) is 2. The predicted octanol–water partition coefficient (Wildman–Crippen LogP) is 2.40. The fourth-order valence-electron chi connectivity index (χ4n) is 1.19. The largest absolute Gasteiger partial charge is 0.496 e. The van der Waals surface area contributed by atoms with Gasteiger partial charge in [-0.15, -0.1) is 10.2 Å². The summed E-state index contributed by atoms with van der Waals surface area (Å²) in [6.45, 7) is 0. The van der Waals surface area contributed by atoms with Crippen molar-refractivity contribution in [2.24, 2.45) is 0 Å². The van der Waals surface area contributed by atoms with Gasteiger partial charge in [0.1, 0.15) is 5.75 Å². The van der Waals surface area contributed by atoms with Gasteiger partial charge >= 0.3 is 0 Å². The number of hydrogen-bond acceptors (Lipinski definition) is 5. The van der Waals surface area contributed by atoms with Crippen LogP contribution in [0.3, 0.4) is 0 Å². The van der Waals surface area contributed by atoms with Crippen LogP contribution in [-0.2, 0) is 0 Å². The number of halogens is 1. The van der Waals surface area contributed by atoms with E-state index in [9.17, 15) is 0 Å². The molecule has 2 rings (SSSR count). The molecule has 0 aliphatic heterocycles. The van der Waals surface area contributed by atoms with E-state index in [1.165, 1.54) is 11.3 Å². The normalized spacial score (nSPS) is 10.3. The number of nitrogen functional groups attached to an aromatic ring is 1. The summed E-state index contributed by atoms with van der Waals surface area (Å²) < 4.78 is 6.38. The lowest BCUT2D eigenvalue weighted by Crippen LogP contribution is -1.88. The maximum atomic E-state index is 5.55. The Morgan fingerprint density at radius 2 is 2.20 bits per heavy atom. The van der Waals surface area contributed by atoms with Gasteiger partial charge < -0.3 is 10.5 Å². The zero-order chi connectivity index (χ0) is 10.8. The second-order valence-corrected chi connectivity index (χ2v) is 5.04. The van der Waals surface area contributed by atoms with Gasteiger partial charge in [-0.1, -0.05) is 11.3 Å². The zero-order valence-electron chi connectivity index (χ0n) is 7.90. The van der Waals surface area contributed by atoms with Crippen molar-refractivity contribution >= 4 is 39.1 Å². The Balaban J connectivity index is 2.55. The Bertz CT molecular complexity index is 486. The third kappa shape index (κ3) is 2.20. The lowest BCUT2D eigenvalue weighted by molar-refractivity contribution is 0.416. The van der Waals surface area contributed by atoms with Crippen molar-refractivity contribution in [2.75, 3.05) is 12.8 Å². The minimum Gasteiger partial charge on any atom is -0.496 e. The van der Waals surface area contributed by atoms with Crippen LogP contribution in [0.25, 0.3) is 10.6 Å². The Morgan fingerprint density at radius 1 is 1.40 bits per heavy atom. The summed E-state index contributed by atoms with van der Waals surface area (Å²) in [5, 5.41) is 9.03. The van der Waals surface area contributed by atoms with Gasteiger partial charge in [0.2, 0.25) is 5.13 Å². The predicted molar refractivity (Wildman–Crippen MR) is 69.0 cm³/mol. The minimum absolute atomic E-state index is 0.464. The fraction of sp³-hybridized carbons (Fsp3) is 0.111. The van der Waals surface area contributed by atoms with Crippen molar-refractivity contribution in [3.8, 4) is 16.3 Å². The first-order valence-electron chi connectivity index (χ1n) is 4.13. The van der Waals surface area contributed by atoms with Gasteiger partial charge in [0.05, 0.1) is 12.7 Å². The molecule has 1 heterocycles. The SMILES string of the molecule is COc1ccc(I)cc1-c1nnc(N)s1. The van der Waals surface area contributed by atoms with Gasteiger partial charge in [-0.2, -0.15) is 0 Å². The second kappa shape index (κ2) is 4.31. The van der Waals surface area contributed by atoms with Crippen LogP contribution in [0, 0.1) is 3.57 Å². The van der Waals surface area contributed by atoms with E-state index in [0.29, 0.717) is 5.13 Å². The Hall–Kier alpha value is -0.890. The molecule has 0 unspecified atom stereocenters. The Morgan fingerprint density at radius 3 is 2.80 bits per heavy atom. The van der Waals surface area contributed by atoms with Crippen LogP contribution < -0.4 is 10.5 Å². The van der Waals surface area contributed by atoms with E-state index in [1.807, 2.05) is 18.2 Å². The Labute approximate surface area is 105 Å². The third-order valence-electron chi connectivity index (χ3n) is 1.83. The average molecular weight is 333 g/mol. The maximum Gasteiger partial charge on any atom is 0.203 e. The van der Waals surface area contributed by atoms with Gasteiger partial charge in [-0.25, -0.2) is 0 Å². The molecule has 6 heteroatoms. The van der Waals surface area contributed by atoms with Crippen LogP contribution in [0.4, 0.5) is 5.13 Å². The van der Waals surface area contributed by atoms with Crippen molar-refractivity contribution in [3.63, 3.8) is 0 Å². The molecule has 0 fully saturated rings. The van der Waals surface area contributed by atoms with Crippen LogP contribution >= 0.6 is 33.9 Å². The maximum absolute atomic E-state index is 5.55. The van der Waals surface area contributed by atoms with Crippen molar-refractivity contribution < 1.29 is 4.74 Å². The number of aromatic nitrogens is 2. The van der Waals surface area contributed by atoms with Crippen LogP contribution in [-0.4, -0.2) is 17.3 Å². The van der Waals surface area contributed by atoms with Gasteiger partial charge in [0, 0.05) is 3.57 Å². The number of benzene rings is 1. The summed E-state index contributed by atoms with van der Waals surface area (Å²) in [4.78, 5) is 0. The number of methoxy groups -OCH3 is 1. The molecule has 0 amide bonds. The number of anilines is 1. The lowest BCUT2D eigenvalue weighted by Gasteiger charge is -2.05. The van der Waals surface area contributed by atoms with E-state index in [2.05, 4.69) is 32.8 Å². The number of hydrogen-bond donors (Lipinski definition) is 1. The highest BCUT2D eigenvalue weighted by atomic mass is 127. The van der Waals surface area contributed by atoms with Crippen molar-refractivity contribution in [3.05, 3.63) is 21.8 Å². The van der Waals surface area contributed by atoms with Crippen molar-refractivity contribution in [1.29, 1.82) is 0 Å². The van der Waals surface area contributed by atoms with Crippen LogP contribution in [0.15, 0.2) is 18.2 Å². The summed E-state index contributed by atoms with van der Waals surface area (Å²) in [6.07, 6.45) is 0. The molecule has 0 saturated carbocycles. The molecular weight excluding hydrogens is 325 g/mol. The van der Waals surface area contributed by atoms with Crippen LogP contribution in [0.5, 0.6) is 5.75 Å². The number of rotatable bonds is 2. The molecule has 2 aromatic rings. The van der Waals surface area contributed by atoms with E-state index in [-0.39, 0.29) is 0 Å². The molecule has 0 bridgehead atoms. The minimum atomic E-state index is 0.464. The van der Waals surface area contributed by atoms with Gasteiger partial charge in [-0.05, 0) is 40.8 Å². The molecule has 2 N–H and O–H groups in total.